The van der Waals surface area contributed by atoms with Gasteiger partial charge in [0.25, 0.3) is 0 Å². The Morgan fingerprint density at radius 2 is 1.71 bits per heavy atom. The van der Waals surface area contributed by atoms with Crippen LogP contribution in [-0.4, -0.2) is 79.8 Å². The number of nitrogens with two attached hydrogens (primary N) is 1. The van der Waals surface area contributed by atoms with Crippen molar-refractivity contribution in [3.8, 4) is 0 Å². The zero-order valence-electron chi connectivity index (χ0n) is 18.1. The Hall–Kier alpha value is -0.770. The fourth-order valence-corrected chi connectivity index (χ4v) is 3.24. The molecule has 0 aromatic carbocycles. The summed E-state index contributed by atoms with van der Waals surface area (Å²) in [6.07, 6.45) is 4.85. The minimum absolute atomic E-state index is 0.0161. The summed E-state index contributed by atoms with van der Waals surface area (Å²) in [5, 5.41) is 20.1. The first-order valence-electron chi connectivity index (χ1n) is 10.9. The van der Waals surface area contributed by atoms with E-state index in [1.807, 2.05) is 20.8 Å². The molecule has 1 aliphatic heterocycles. The molecule has 2 atom stereocenters. The van der Waals surface area contributed by atoms with Gasteiger partial charge in [-0.2, -0.15) is 0 Å². The van der Waals surface area contributed by atoms with Crippen molar-refractivity contribution in [2.24, 2.45) is 5.73 Å². The number of ether oxygens (including phenoxy) is 1. The van der Waals surface area contributed by atoms with Crippen molar-refractivity contribution >= 4 is 5.91 Å². The summed E-state index contributed by atoms with van der Waals surface area (Å²) in [6.45, 7) is 11.7. The topological polar surface area (TPSA) is 112 Å². The van der Waals surface area contributed by atoms with Crippen molar-refractivity contribution in [2.75, 3.05) is 45.8 Å². The number of rotatable bonds is 15. The molecular weight excluding hydrogens is 358 g/mol. The molecule has 0 aromatic rings. The van der Waals surface area contributed by atoms with Crippen molar-refractivity contribution in [3.05, 3.63) is 0 Å². The molecule has 1 saturated heterocycles. The zero-order chi connectivity index (χ0) is 20.8. The van der Waals surface area contributed by atoms with Crippen molar-refractivity contribution < 1.29 is 14.6 Å². The Morgan fingerprint density at radius 1 is 1.11 bits per heavy atom. The molecule has 8 heteroatoms. The molecule has 1 heterocycles. The van der Waals surface area contributed by atoms with Gasteiger partial charge >= 0.3 is 0 Å². The van der Waals surface area contributed by atoms with E-state index in [9.17, 15) is 9.90 Å². The Bertz CT molecular complexity index is 417. The summed E-state index contributed by atoms with van der Waals surface area (Å²) >= 11 is 0. The van der Waals surface area contributed by atoms with Crippen LogP contribution in [0.2, 0.25) is 0 Å². The van der Waals surface area contributed by atoms with Crippen molar-refractivity contribution in [1.82, 2.24) is 20.9 Å². The largest absolute Gasteiger partial charge is 0.356 e. The molecule has 166 valence electrons. The fourth-order valence-electron chi connectivity index (χ4n) is 3.24. The zero-order valence-corrected chi connectivity index (χ0v) is 18.1. The van der Waals surface area contributed by atoms with E-state index < -0.39 is 12.0 Å². The highest BCUT2D eigenvalue weighted by molar-refractivity contribution is 5.82. The summed E-state index contributed by atoms with van der Waals surface area (Å²) in [4.78, 5) is 14.2. The summed E-state index contributed by atoms with van der Waals surface area (Å²) in [5.41, 5.74) is 5.00. The van der Waals surface area contributed by atoms with Crippen LogP contribution in [0, 0.1) is 0 Å². The van der Waals surface area contributed by atoms with Crippen LogP contribution in [0.25, 0.3) is 0 Å². The number of aliphatic hydroxyl groups is 1. The third-order valence-corrected chi connectivity index (χ3v) is 4.68. The molecule has 1 rings (SSSR count). The SMILES string of the molecule is CC(C)(C)OC(O)N1CCCC1C(=O)NCCCNCCCCNCCCN. The van der Waals surface area contributed by atoms with Gasteiger partial charge in [-0.05, 0) is 92.0 Å². The van der Waals surface area contributed by atoms with Crippen LogP contribution in [0.1, 0.15) is 59.3 Å². The molecule has 28 heavy (non-hydrogen) atoms. The quantitative estimate of drug-likeness (QED) is 0.199. The number of likely N-dealkylation sites (tertiary alicyclic amines) is 1. The molecule has 1 fully saturated rings. The van der Waals surface area contributed by atoms with Crippen LogP contribution in [0.5, 0.6) is 0 Å². The van der Waals surface area contributed by atoms with Crippen molar-refractivity contribution in [2.45, 2.75) is 77.4 Å². The molecule has 0 aliphatic carbocycles. The number of carbonyl (C=O) groups is 1. The molecule has 0 spiro atoms. The van der Waals surface area contributed by atoms with Gasteiger partial charge in [0, 0.05) is 13.1 Å². The lowest BCUT2D eigenvalue weighted by Gasteiger charge is -2.32. The second-order valence-corrected chi connectivity index (χ2v) is 8.45. The molecule has 2 unspecified atom stereocenters. The third kappa shape index (κ3) is 11.3. The first kappa shape index (κ1) is 25.3. The van der Waals surface area contributed by atoms with Gasteiger partial charge in [-0.15, -0.1) is 0 Å². The maximum atomic E-state index is 12.5. The summed E-state index contributed by atoms with van der Waals surface area (Å²) in [7, 11) is 0. The van der Waals surface area contributed by atoms with Gasteiger partial charge in [0.2, 0.25) is 12.3 Å². The monoisotopic (exact) mass is 401 g/mol. The number of hydrogen-bond acceptors (Lipinski definition) is 7. The predicted octanol–water partition coefficient (Wildman–Crippen LogP) is 0.356. The van der Waals surface area contributed by atoms with E-state index >= 15 is 0 Å². The van der Waals surface area contributed by atoms with Crippen LogP contribution in [-0.2, 0) is 9.53 Å². The second kappa shape index (κ2) is 14.3. The molecular formula is C20H43N5O3. The van der Waals surface area contributed by atoms with Gasteiger partial charge in [0.05, 0.1) is 11.6 Å². The standard InChI is InChI=1S/C20H43N5O3/c1-20(2,3)28-19(27)25-16-6-9-17(25)18(26)24-15-8-14-23-12-5-4-11-22-13-7-10-21/h17,19,22-23,27H,4-16,21H2,1-3H3,(H,24,26). The smallest absolute Gasteiger partial charge is 0.237 e. The van der Waals surface area contributed by atoms with Crippen LogP contribution >= 0.6 is 0 Å². The molecule has 1 aliphatic rings. The van der Waals surface area contributed by atoms with Crippen LogP contribution in [0.15, 0.2) is 0 Å². The van der Waals surface area contributed by atoms with E-state index in [-0.39, 0.29) is 11.9 Å². The van der Waals surface area contributed by atoms with E-state index in [2.05, 4.69) is 16.0 Å². The average molecular weight is 402 g/mol. The van der Waals surface area contributed by atoms with Gasteiger partial charge in [-0.1, -0.05) is 0 Å². The fraction of sp³-hybridized carbons (Fsp3) is 0.950. The van der Waals surface area contributed by atoms with Crippen LogP contribution in [0.4, 0.5) is 0 Å². The van der Waals surface area contributed by atoms with Gasteiger partial charge in [-0.3, -0.25) is 4.79 Å². The number of amides is 1. The van der Waals surface area contributed by atoms with Gasteiger partial charge in [0.15, 0.2) is 0 Å². The third-order valence-electron chi connectivity index (χ3n) is 4.68. The molecule has 8 nitrogen and oxygen atoms in total. The Morgan fingerprint density at radius 3 is 2.32 bits per heavy atom. The molecule has 0 saturated carbocycles. The molecule has 0 radical (unpaired) electrons. The summed E-state index contributed by atoms with van der Waals surface area (Å²) in [6, 6.07) is -0.308. The number of aliphatic hydroxyl groups excluding tert-OH is 1. The second-order valence-electron chi connectivity index (χ2n) is 8.45. The average Bonchev–Trinajstić information content (AvgIpc) is 3.11. The van der Waals surface area contributed by atoms with Crippen molar-refractivity contribution in [3.63, 3.8) is 0 Å². The summed E-state index contributed by atoms with van der Waals surface area (Å²) in [5.74, 6) is -0.0161. The van der Waals surface area contributed by atoms with E-state index in [1.54, 1.807) is 4.90 Å². The molecule has 0 aromatic heterocycles. The molecule has 1 amide bonds. The number of carbonyl (C=O) groups excluding carboxylic acids is 1. The lowest BCUT2D eigenvalue weighted by molar-refractivity contribution is -0.241. The van der Waals surface area contributed by atoms with Crippen molar-refractivity contribution in [1.29, 1.82) is 0 Å². The van der Waals surface area contributed by atoms with E-state index in [0.717, 1.165) is 71.2 Å². The first-order valence-corrected chi connectivity index (χ1v) is 10.9. The van der Waals surface area contributed by atoms with Crippen LogP contribution in [0.3, 0.4) is 0 Å². The van der Waals surface area contributed by atoms with Gasteiger partial charge in [-0.25, -0.2) is 4.90 Å². The minimum atomic E-state index is -1.04. The minimum Gasteiger partial charge on any atom is -0.356 e. The lowest BCUT2D eigenvalue weighted by atomic mass is 10.2. The van der Waals surface area contributed by atoms with E-state index in [1.165, 1.54) is 0 Å². The highest BCUT2D eigenvalue weighted by atomic mass is 16.6. The predicted molar refractivity (Wildman–Crippen MR) is 113 cm³/mol. The Kier molecular flexibility index (Phi) is 12.9. The highest BCUT2D eigenvalue weighted by Gasteiger charge is 2.36. The number of nitrogens with one attached hydrogen (secondary N) is 3. The highest BCUT2D eigenvalue weighted by Crippen LogP contribution is 2.22. The Balaban J connectivity index is 2.06. The number of nitrogens with zero attached hydrogens (tertiary/aromatic N) is 1. The lowest BCUT2D eigenvalue weighted by Crippen LogP contribution is -2.50. The first-order chi connectivity index (χ1) is 13.3. The maximum absolute atomic E-state index is 12.5. The van der Waals surface area contributed by atoms with E-state index in [0.29, 0.717) is 13.1 Å². The molecule has 0 bridgehead atoms. The van der Waals surface area contributed by atoms with Gasteiger partial charge < -0.3 is 31.5 Å². The Labute approximate surface area is 170 Å². The summed E-state index contributed by atoms with van der Waals surface area (Å²) < 4.78 is 5.60. The number of unbranched alkanes of at least 4 members (excludes halogenated alkanes) is 1. The van der Waals surface area contributed by atoms with Crippen LogP contribution < -0.4 is 21.7 Å². The molecule has 6 N–H and O–H groups in total. The van der Waals surface area contributed by atoms with Gasteiger partial charge in [0.1, 0.15) is 0 Å². The maximum Gasteiger partial charge on any atom is 0.237 e. The number of hydrogen-bond donors (Lipinski definition) is 5. The normalized spacial score (nSPS) is 19.1. The van der Waals surface area contributed by atoms with E-state index in [4.69, 9.17) is 10.5 Å².